The summed E-state index contributed by atoms with van der Waals surface area (Å²) in [5.41, 5.74) is 1.06. The summed E-state index contributed by atoms with van der Waals surface area (Å²) in [7, 11) is 1.66. The number of benzene rings is 1. The number of tetrazole rings is 1. The molecule has 18 heavy (non-hydrogen) atoms. The Morgan fingerprint density at radius 3 is 2.94 bits per heavy atom. The van der Waals surface area contributed by atoms with Gasteiger partial charge < -0.3 is 10.1 Å². The monoisotopic (exact) mass is 247 g/mol. The fourth-order valence-electron chi connectivity index (χ4n) is 1.70. The van der Waals surface area contributed by atoms with Gasteiger partial charge in [-0.15, -0.1) is 5.10 Å². The van der Waals surface area contributed by atoms with Gasteiger partial charge >= 0.3 is 0 Å². The number of aromatic nitrogens is 4. The van der Waals surface area contributed by atoms with Crippen LogP contribution in [0.2, 0.25) is 0 Å². The van der Waals surface area contributed by atoms with E-state index in [4.69, 9.17) is 4.74 Å². The summed E-state index contributed by atoms with van der Waals surface area (Å²) in [5.74, 6) is 1.67. The quantitative estimate of drug-likeness (QED) is 0.819. The van der Waals surface area contributed by atoms with Gasteiger partial charge in [0.25, 0.3) is 0 Å². The molecule has 0 aliphatic heterocycles. The summed E-state index contributed by atoms with van der Waals surface area (Å²) in [4.78, 5) is 0. The van der Waals surface area contributed by atoms with Crippen LogP contribution >= 0.6 is 0 Å². The molecule has 0 aliphatic rings. The summed E-state index contributed by atoms with van der Waals surface area (Å²) >= 11 is 0. The lowest BCUT2D eigenvalue weighted by atomic mass is 10.2. The van der Waals surface area contributed by atoms with Crippen LogP contribution in [-0.2, 0) is 13.1 Å². The van der Waals surface area contributed by atoms with Crippen LogP contribution in [0.1, 0.15) is 18.3 Å². The van der Waals surface area contributed by atoms with Crippen molar-refractivity contribution in [3.63, 3.8) is 0 Å². The highest BCUT2D eigenvalue weighted by Gasteiger charge is 2.08. The van der Waals surface area contributed by atoms with E-state index in [-0.39, 0.29) is 0 Å². The van der Waals surface area contributed by atoms with E-state index in [0.717, 1.165) is 23.7 Å². The Morgan fingerprint density at radius 1 is 1.33 bits per heavy atom. The van der Waals surface area contributed by atoms with Crippen molar-refractivity contribution in [2.75, 3.05) is 13.7 Å². The molecular weight excluding hydrogens is 230 g/mol. The molecule has 2 rings (SSSR count). The van der Waals surface area contributed by atoms with Crippen LogP contribution < -0.4 is 10.1 Å². The van der Waals surface area contributed by atoms with Crippen LogP contribution in [0.4, 0.5) is 0 Å². The molecule has 1 aromatic carbocycles. The zero-order valence-corrected chi connectivity index (χ0v) is 10.6. The number of methoxy groups -OCH3 is 1. The number of hydrogen-bond donors (Lipinski definition) is 1. The molecule has 6 heteroatoms. The van der Waals surface area contributed by atoms with Crippen LogP contribution in [0.15, 0.2) is 24.3 Å². The van der Waals surface area contributed by atoms with E-state index in [1.807, 2.05) is 31.2 Å². The normalized spacial score (nSPS) is 10.6. The molecule has 1 heterocycles. The number of ether oxygens (including phenoxy) is 1. The largest absolute Gasteiger partial charge is 0.496 e. The molecule has 0 radical (unpaired) electrons. The third-order valence-electron chi connectivity index (χ3n) is 2.65. The van der Waals surface area contributed by atoms with E-state index in [2.05, 4.69) is 20.8 Å². The first-order chi connectivity index (χ1) is 8.85. The van der Waals surface area contributed by atoms with Crippen molar-refractivity contribution >= 4 is 0 Å². The summed E-state index contributed by atoms with van der Waals surface area (Å²) in [6, 6.07) is 7.87. The number of para-hydroxylation sites is 1. The molecule has 0 bridgehead atoms. The Bertz CT molecular complexity index is 497. The van der Waals surface area contributed by atoms with Gasteiger partial charge in [-0.2, -0.15) is 0 Å². The fourth-order valence-corrected chi connectivity index (χ4v) is 1.70. The van der Waals surface area contributed by atoms with Crippen LogP contribution in [0.3, 0.4) is 0 Å². The van der Waals surface area contributed by atoms with Gasteiger partial charge in [-0.3, -0.25) is 0 Å². The SMILES string of the molecule is CCNCc1nnnn1Cc1ccccc1OC. The van der Waals surface area contributed by atoms with Gasteiger partial charge in [0.05, 0.1) is 20.2 Å². The minimum Gasteiger partial charge on any atom is -0.496 e. The van der Waals surface area contributed by atoms with Gasteiger partial charge in [0.2, 0.25) is 0 Å². The van der Waals surface area contributed by atoms with Crippen molar-refractivity contribution in [2.24, 2.45) is 0 Å². The summed E-state index contributed by atoms with van der Waals surface area (Å²) in [5, 5.41) is 14.9. The van der Waals surface area contributed by atoms with Crippen LogP contribution in [-0.4, -0.2) is 33.9 Å². The predicted octanol–water partition coefficient (Wildman–Crippen LogP) is 0.839. The van der Waals surface area contributed by atoms with E-state index in [0.29, 0.717) is 13.1 Å². The van der Waals surface area contributed by atoms with E-state index in [1.54, 1.807) is 11.8 Å². The fraction of sp³-hybridized carbons (Fsp3) is 0.417. The minimum atomic E-state index is 0.609. The predicted molar refractivity (Wildman–Crippen MR) is 67.3 cm³/mol. The first kappa shape index (κ1) is 12.5. The highest BCUT2D eigenvalue weighted by molar-refractivity contribution is 5.33. The van der Waals surface area contributed by atoms with Crippen LogP contribution in [0.5, 0.6) is 5.75 Å². The Morgan fingerprint density at radius 2 is 2.17 bits per heavy atom. The van der Waals surface area contributed by atoms with Gasteiger partial charge in [0.15, 0.2) is 5.82 Å². The second-order valence-electron chi connectivity index (χ2n) is 3.84. The lowest BCUT2D eigenvalue weighted by Gasteiger charge is -2.09. The Balaban J connectivity index is 2.15. The Kier molecular flexibility index (Phi) is 4.25. The Labute approximate surface area is 106 Å². The van der Waals surface area contributed by atoms with Gasteiger partial charge in [0.1, 0.15) is 5.75 Å². The summed E-state index contributed by atoms with van der Waals surface area (Å²) in [6.45, 7) is 4.21. The summed E-state index contributed by atoms with van der Waals surface area (Å²) in [6.07, 6.45) is 0. The van der Waals surface area contributed by atoms with Crippen molar-refractivity contribution in [3.05, 3.63) is 35.7 Å². The van der Waals surface area contributed by atoms with E-state index in [9.17, 15) is 0 Å². The molecule has 0 saturated carbocycles. The molecule has 0 fully saturated rings. The molecule has 0 atom stereocenters. The smallest absolute Gasteiger partial charge is 0.165 e. The lowest BCUT2D eigenvalue weighted by molar-refractivity contribution is 0.406. The van der Waals surface area contributed by atoms with Crippen LogP contribution in [0.25, 0.3) is 0 Å². The zero-order chi connectivity index (χ0) is 12.8. The second-order valence-corrected chi connectivity index (χ2v) is 3.84. The van der Waals surface area contributed by atoms with Gasteiger partial charge in [-0.05, 0) is 23.0 Å². The topological polar surface area (TPSA) is 64.9 Å². The second kappa shape index (κ2) is 6.11. The average molecular weight is 247 g/mol. The van der Waals surface area contributed by atoms with Crippen molar-refractivity contribution in [2.45, 2.75) is 20.0 Å². The molecule has 0 unspecified atom stereocenters. The highest BCUT2D eigenvalue weighted by Crippen LogP contribution is 2.18. The molecule has 2 aromatic rings. The first-order valence-electron chi connectivity index (χ1n) is 5.92. The molecule has 0 aliphatic carbocycles. The zero-order valence-electron chi connectivity index (χ0n) is 10.6. The first-order valence-corrected chi connectivity index (χ1v) is 5.92. The molecule has 0 saturated heterocycles. The highest BCUT2D eigenvalue weighted by atomic mass is 16.5. The van der Waals surface area contributed by atoms with Crippen molar-refractivity contribution in [1.29, 1.82) is 0 Å². The number of hydrogen-bond acceptors (Lipinski definition) is 5. The maximum atomic E-state index is 5.32. The molecule has 1 aromatic heterocycles. The van der Waals surface area contributed by atoms with Crippen molar-refractivity contribution in [3.8, 4) is 5.75 Å². The maximum Gasteiger partial charge on any atom is 0.165 e. The van der Waals surface area contributed by atoms with E-state index >= 15 is 0 Å². The summed E-state index contributed by atoms with van der Waals surface area (Å²) < 4.78 is 7.10. The maximum absolute atomic E-state index is 5.32. The van der Waals surface area contributed by atoms with Crippen molar-refractivity contribution < 1.29 is 4.74 Å². The van der Waals surface area contributed by atoms with Gasteiger partial charge in [-0.1, -0.05) is 25.1 Å². The third-order valence-corrected chi connectivity index (χ3v) is 2.65. The lowest BCUT2D eigenvalue weighted by Crippen LogP contribution is -2.17. The van der Waals surface area contributed by atoms with Gasteiger partial charge in [-0.25, -0.2) is 4.68 Å². The number of rotatable bonds is 6. The molecule has 0 amide bonds. The average Bonchev–Trinajstić information content (AvgIpc) is 2.84. The molecular formula is C12H17N5O. The standard InChI is InChI=1S/C12H17N5O/c1-3-13-8-12-14-15-16-17(12)9-10-6-4-5-7-11(10)18-2/h4-7,13H,3,8-9H2,1-2H3. The number of nitrogens with zero attached hydrogens (tertiary/aromatic N) is 4. The number of nitrogens with one attached hydrogen (secondary N) is 1. The Hall–Kier alpha value is -1.95. The van der Waals surface area contributed by atoms with Crippen LogP contribution in [0, 0.1) is 0 Å². The molecule has 1 N–H and O–H groups in total. The molecule has 0 spiro atoms. The minimum absolute atomic E-state index is 0.609. The van der Waals surface area contributed by atoms with E-state index < -0.39 is 0 Å². The third kappa shape index (κ3) is 2.84. The molecule has 6 nitrogen and oxygen atoms in total. The molecule has 96 valence electrons. The van der Waals surface area contributed by atoms with Crippen molar-refractivity contribution in [1.82, 2.24) is 25.5 Å². The van der Waals surface area contributed by atoms with Gasteiger partial charge in [0, 0.05) is 5.56 Å². The van der Waals surface area contributed by atoms with E-state index in [1.165, 1.54) is 0 Å².